The molecule has 0 N–H and O–H groups in total. The van der Waals surface area contributed by atoms with Gasteiger partial charge in [-0.3, -0.25) is 9.36 Å². The smallest absolute Gasteiger partial charge is 0.263 e. The number of hydrogen-bond donors (Lipinski definition) is 0. The number of allylic oxidation sites excluding steroid dienone is 1. The quantitative estimate of drug-likeness (QED) is 0.460. The third-order valence-corrected chi connectivity index (χ3v) is 6.76. The molecule has 1 aliphatic carbocycles. The summed E-state index contributed by atoms with van der Waals surface area (Å²) in [6.45, 7) is 8.37. The van der Waals surface area contributed by atoms with Gasteiger partial charge in [-0.15, -0.1) is 17.9 Å². The van der Waals surface area contributed by atoms with Crippen LogP contribution >= 0.6 is 23.1 Å². The summed E-state index contributed by atoms with van der Waals surface area (Å²) in [5.74, 6) is 1.23. The van der Waals surface area contributed by atoms with E-state index in [9.17, 15) is 4.79 Å². The Morgan fingerprint density at radius 3 is 3.12 bits per heavy atom. The molecule has 24 heavy (non-hydrogen) atoms. The van der Waals surface area contributed by atoms with E-state index in [4.69, 9.17) is 10.2 Å². The van der Waals surface area contributed by atoms with Gasteiger partial charge in [-0.05, 0) is 37.7 Å². The monoisotopic (exact) mass is 359 g/mol. The summed E-state index contributed by atoms with van der Waals surface area (Å²) in [6.07, 6.45) is 4.88. The van der Waals surface area contributed by atoms with E-state index in [1.807, 2.05) is 6.92 Å². The zero-order valence-electron chi connectivity index (χ0n) is 14.0. The summed E-state index contributed by atoms with van der Waals surface area (Å²) < 4.78 is 1.70. The summed E-state index contributed by atoms with van der Waals surface area (Å²) in [7, 11) is 0. The molecule has 0 unspecified atom stereocenters. The first-order chi connectivity index (χ1) is 11.5. The van der Waals surface area contributed by atoms with E-state index < -0.39 is 0 Å². The zero-order valence-corrected chi connectivity index (χ0v) is 15.7. The molecule has 0 fully saturated rings. The highest BCUT2D eigenvalue weighted by Crippen LogP contribution is 2.36. The molecule has 0 amide bonds. The average molecular weight is 360 g/mol. The second-order valence-electron chi connectivity index (χ2n) is 6.47. The average Bonchev–Trinajstić information content (AvgIpc) is 2.92. The molecular formula is C18H21N3OS2. The zero-order chi connectivity index (χ0) is 17.3. The summed E-state index contributed by atoms with van der Waals surface area (Å²) >= 11 is 3.15. The van der Waals surface area contributed by atoms with Crippen molar-refractivity contribution < 1.29 is 0 Å². The lowest BCUT2D eigenvalue weighted by molar-refractivity contribution is 0.509. The fraction of sp³-hybridized carbons (Fsp3) is 0.500. The number of nitrogens with zero attached hydrogens (tertiary/aromatic N) is 3. The molecule has 1 aliphatic rings. The highest BCUT2D eigenvalue weighted by molar-refractivity contribution is 7.99. The van der Waals surface area contributed by atoms with Crippen molar-refractivity contribution in [1.29, 1.82) is 5.26 Å². The number of thioether (sulfide) groups is 1. The molecule has 0 saturated carbocycles. The Balaban J connectivity index is 2.12. The Morgan fingerprint density at radius 1 is 1.62 bits per heavy atom. The van der Waals surface area contributed by atoms with E-state index in [1.54, 1.807) is 22.0 Å². The Kier molecular flexibility index (Phi) is 5.12. The van der Waals surface area contributed by atoms with Gasteiger partial charge in [0, 0.05) is 17.2 Å². The lowest BCUT2D eigenvalue weighted by Crippen LogP contribution is -2.23. The van der Waals surface area contributed by atoms with Crippen LogP contribution in [0.25, 0.3) is 10.2 Å². The minimum atomic E-state index is -0.0721. The largest absolute Gasteiger partial charge is 0.283 e. The molecule has 2 aromatic heterocycles. The fourth-order valence-corrected chi connectivity index (χ4v) is 5.42. The molecule has 3 rings (SSSR count). The Morgan fingerprint density at radius 2 is 2.42 bits per heavy atom. The van der Waals surface area contributed by atoms with Crippen LogP contribution in [0.15, 0.2) is 22.6 Å². The summed E-state index contributed by atoms with van der Waals surface area (Å²) in [4.78, 5) is 20.0. The number of nitriles is 1. The van der Waals surface area contributed by atoms with Gasteiger partial charge in [0.15, 0.2) is 5.16 Å². The van der Waals surface area contributed by atoms with Crippen LogP contribution in [-0.2, 0) is 19.4 Å². The molecule has 0 bridgehead atoms. The Bertz CT molecular complexity index is 875. The van der Waals surface area contributed by atoms with Crippen molar-refractivity contribution in [2.75, 3.05) is 5.75 Å². The second kappa shape index (κ2) is 7.12. The Hall–Kier alpha value is -1.58. The van der Waals surface area contributed by atoms with Crippen LogP contribution in [-0.4, -0.2) is 15.3 Å². The van der Waals surface area contributed by atoms with Crippen molar-refractivity contribution in [2.24, 2.45) is 11.8 Å². The number of rotatable bonds is 5. The molecule has 0 aliphatic heterocycles. The lowest BCUT2D eigenvalue weighted by atomic mass is 9.89. The maximum absolute atomic E-state index is 13.1. The van der Waals surface area contributed by atoms with Crippen molar-refractivity contribution in [3.05, 3.63) is 33.4 Å². The predicted octanol–water partition coefficient (Wildman–Crippen LogP) is 4.02. The van der Waals surface area contributed by atoms with E-state index in [2.05, 4.69) is 19.6 Å². The van der Waals surface area contributed by atoms with E-state index in [0.717, 1.165) is 29.5 Å². The highest BCUT2D eigenvalue weighted by atomic mass is 32.2. The molecule has 0 saturated heterocycles. The van der Waals surface area contributed by atoms with Gasteiger partial charge in [-0.25, -0.2) is 4.98 Å². The molecule has 6 heteroatoms. The standard InChI is InChI=1S/C18H21N3OS2/c1-4-7-21-17(22)15-13-6-5-11(2)8-14(13)24-16(15)20-18(21)23-10-12(3)9-19/h4,11-12H,1,5-8,10H2,2-3H3/t11-,12+/m1/s1. The number of fused-ring (bicyclic) bond motifs is 3. The first-order valence-electron chi connectivity index (χ1n) is 8.23. The second-order valence-corrected chi connectivity index (χ2v) is 8.54. The summed E-state index contributed by atoms with van der Waals surface area (Å²) in [6, 6.07) is 2.23. The molecule has 0 spiro atoms. The van der Waals surface area contributed by atoms with Crippen LogP contribution in [0.4, 0.5) is 0 Å². The van der Waals surface area contributed by atoms with Gasteiger partial charge in [0.05, 0.1) is 17.4 Å². The normalized spacial score (nSPS) is 18.1. The highest BCUT2D eigenvalue weighted by Gasteiger charge is 2.24. The van der Waals surface area contributed by atoms with Gasteiger partial charge in [-0.2, -0.15) is 5.26 Å². The third-order valence-electron chi connectivity index (χ3n) is 4.37. The van der Waals surface area contributed by atoms with Crippen molar-refractivity contribution in [3.8, 4) is 6.07 Å². The number of aromatic nitrogens is 2. The van der Waals surface area contributed by atoms with Crippen LogP contribution in [0.1, 0.15) is 30.7 Å². The summed E-state index contributed by atoms with van der Waals surface area (Å²) in [5.41, 5.74) is 1.25. The van der Waals surface area contributed by atoms with Crippen LogP contribution in [0, 0.1) is 23.2 Å². The van der Waals surface area contributed by atoms with Gasteiger partial charge in [-0.1, -0.05) is 24.8 Å². The molecule has 126 valence electrons. The number of hydrogen-bond acceptors (Lipinski definition) is 5. The molecule has 2 aromatic rings. The number of aryl methyl sites for hydroxylation is 1. The first kappa shape index (κ1) is 17.2. The summed E-state index contributed by atoms with van der Waals surface area (Å²) in [5, 5.41) is 10.5. The molecular weight excluding hydrogens is 338 g/mol. The van der Waals surface area contributed by atoms with Gasteiger partial charge in [0.2, 0.25) is 0 Å². The van der Waals surface area contributed by atoms with Crippen molar-refractivity contribution in [2.45, 2.75) is 44.8 Å². The van der Waals surface area contributed by atoms with Gasteiger partial charge < -0.3 is 0 Å². The topological polar surface area (TPSA) is 58.7 Å². The maximum atomic E-state index is 13.1. The number of thiophene rings is 1. The van der Waals surface area contributed by atoms with E-state index in [0.29, 0.717) is 23.4 Å². The molecule has 2 heterocycles. The predicted molar refractivity (Wildman–Crippen MR) is 101 cm³/mol. The van der Waals surface area contributed by atoms with Crippen molar-refractivity contribution >= 4 is 33.3 Å². The first-order valence-corrected chi connectivity index (χ1v) is 10.0. The SMILES string of the molecule is C=CCn1c(SC[C@@H](C)C#N)nc2sc3c(c2c1=O)CC[C@@H](C)C3. The Labute approximate surface area is 150 Å². The lowest BCUT2D eigenvalue weighted by Gasteiger charge is -2.17. The van der Waals surface area contributed by atoms with Gasteiger partial charge in [0.25, 0.3) is 5.56 Å². The maximum Gasteiger partial charge on any atom is 0.263 e. The van der Waals surface area contributed by atoms with E-state index in [1.165, 1.54) is 22.2 Å². The van der Waals surface area contributed by atoms with E-state index in [-0.39, 0.29) is 11.5 Å². The molecule has 0 aromatic carbocycles. The van der Waals surface area contributed by atoms with Gasteiger partial charge in [0.1, 0.15) is 4.83 Å². The van der Waals surface area contributed by atoms with Gasteiger partial charge >= 0.3 is 0 Å². The third kappa shape index (κ3) is 3.15. The fourth-order valence-electron chi connectivity index (χ4n) is 3.04. The molecule has 4 nitrogen and oxygen atoms in total. The minimum Gasteiger partial charge on any atom is -0.283 e. The van der Waals surface area contributed by atoms with Crippen LogP contribution in [0.5, 0.6) is 0 Å². The molecule has 0 radical (unpaired) electrons. The minimum absolute atomic E-state index is 0.0408. The van der Waals surface area contributed by atoms with Crippen LogP contribution in [0.2, 0.25) is 0 Å². The van der Waals surface area contributed by atoms with Crippen LogP contribution < -0.4 is 5.56 Å². The molecule has 2 atom stereocenters. The van der Waals surface area contributed by atoms with E-state index >= 15 is 0 Å². The van der Waals surface area contributed by atoms with Crippen molar-refractivity contribution in [1.82, 2.24) is 9.55 Å². The van der Waals surface area contributed by atoms with Crippen molar-refractivity contribution in [3.63, 3.8) is 0 Å². The van der Waals surface area contributed by atoms with Crippen LogP contribution in [0.3, 0.4) is 0 Å².